The fourth-order valence-corrected chi connectivity index (χ4v) is 2.97. The van der Waals surface area contributed by atoms with E-state index in [0.29, 0.717) is 5.56 Å². The van der Waals surface area contributed by atoms with E-state index in [4.69, 9.17) is 0 Å². The Morgan fingerprint density at radius 3 is 2.42 bits per heavy atom. The first-order chi connectivity index (χ1) is 11.6. The number of halogens is 1. The minimum absolute atomic E-state index is 0.591. The Morgan fingerprint density at radius 2 is 1.83 bits per heavy atom. The molecular formula is C16H18BrN7. The first kappa shape index (κ1) is 16.5. The van der Waals surface area contributed by atoms with E-state index in [1.807, 2.05) is 31.1 Å². The van der Waals surface area contributed by atoms with Crippen molar-refractivity contribution in [1.82, 2.24) is 15.2 Å². The highest BCUT2D eigenvalue weighted by Crippen LogP contribution is 2.23. The van der Waals surface area contributed by atoms with Gasteiger partial charge in [0, 0.05) is 50.9 Å². The number of aromatic nitrogens is 3. The lowest BCUT2D eigenvalue weighted by Gasteiger charge is -2.36. The highest BCUT2D eigenvalue weighted by molar-refractivity contribution is 9.10. The smallest absolute Gasteiger partial charge is 0.151 e. The second-order valence-corrected chi connectivity index (χ2v) is 6.67. The molecule has 24 heavy (non-hydrogen) atoms. The van der Waals surface area contributed by atoms with Gasteiger partial charge in [0.2, 0.25) is 0 Å². The van der Waals surface area contributed by atoms with Gasteiger partial charge in [-0.3, -0.25) is 0 Å². The molecule has 1 fully saturated rings. The van der Waals surface area contributed by atoms with E-state index in [1.165, 1.54) is 0 Å². The normalized spacial score (nSPS) is 14.4. The summed E-state index contributed by atoms with van der Waals surface area (Å²) in [6, 6.07) is 7.99. The minimum atomic E-state index is 0.591. The van der Waals surface area contributed by atoms with Crippen LogP contribution in [0, 0.1) is 11.3 Å². The zero-order valence-electron chi connectivity index (χ0n) is 13.6. The van der Waals surface area contributed by atoms with Gasteiger partial charge < -0.3 is 14.7 Å². The maximum atomic E-state index is 9.30. The molecule has 0 unspecified atom stereocenters. The first-order valence-electron chi connectivity index (χ1n) is 7.65. The number of rotatable bonds is 3. The summed E-state index contributed by atoms with van der Waals surface area (Å²) < 4.78 is 0.817. The van der Waals surface area contributed by atoms with Crippen LogP contribution >= 0.6 is 15.9 Å². The summed E-state index contributed by atoms with van der Waals surface area (Å²) in [4.78, 5) is 10.7. The number of anilines is 3. The number of pyridine rings is 1. The molecule has 2 aromatic rings. The Balaban J connectivity index is 1.69. The van der Waals surface area contributed by atoms with Gasteiger partial charge in [0.1, 0.15) is 11.9 Å². The van der Waals surface area contributed by atoms with Crippen LogP contribution in [0.2, 0.25) is 0 Å². The van der Waals surface area contributed by atoms with Gasteiger partial charge in [-0.25, -0.2) is 4.98 Å². The fraction of sp³-hybridized carbons (Fsp3) is 0.375. The Bertz CT molecular complexity index is 746. The maximum Gasteiger partial charge on any atom is 0.151 e. The number of piperazine rings is 1. The van der Waals surface area contributed by atoms with Crippen molar-refractivity contribution >= 4 is 33.4 Å². The Kier molecular flexibility index (Phi) is 4.81. The van der Waals surface area contributed by atoms with Crippen LogP contribution < -0.4 is 14.7 Å². The summed E-state index contributed by atoms with van der Waals surface area (Å²) in [6.07, 6.45) is 1.73. The highest BCUT2D eigenvalue weighted by atomic mass is 79.9. The SMILES string of the molecule is CN(C)c1ccc(N2CCN(c3ncc(Br)cc3C#N)CC2)nn1. The molecule has 0 amide bonds. The van der Waals surface area contributed by atoms with E-state index >= 15 is 0 Å². The van der Waals surface area contributed by atoms with Crippen LogP contribution in [-0.4, -0.2) is 55.5 Å². The number of nitrogens with zero attached hydrogens (tertiary/aromatic N) is 7. The quantitative estimate of drug-likeness (QED) is 0.795. The van der Waals surface area contributed by atoms with Gasteiger partial charge in [0.05, 0.1) is 5.56 Å². The summed E-state index contributed by atoms with van der Waals surface area (Å²) in [5, 5.41) is 17.8. The van der Waals surface area contributed by atoms with Crippen molar-refractivity contribution in [2.24, 2.45) is 0 Å². The molecule has 1 aliphatic heterocycles. The molecule has 0 N–H and O–H groups in total. The highest BCUT2D eigenvalue weighted by Gasteiger charge is 2.21. The van der Waals surface area contributed by atoms with E-state index in [2.05, 4.69) is 47.0 Å². The zero-order valence-corrected chi connectivity index (χ0v) is 15.2. The molecule has 0 aromatic carbocycles. The topological polar surface area (TPSA) is 72.2 Å². The average molecular weight is 388 g/mol. The van der Waals surface area contributed by atoms with E-state index in [9.17, 15) is 5.26 Å². The monoisotopic (exact) mass is 387 g/mol. The molecule has 124 valence electrons. The molecule has 3 rings (SSSR count). The third-order valence-corrected chi connectivity index (χ3v) is 4.39. The number of hydrogen-bond acceptors (Lipinski definition) is 7. The molecule has 0 radical (unpaired) electrons. The van der Waals surface area contributed by atoms with Crippen molar-refractivity contribution < 1.29 is 0 Å². The third kappa shape index (κ3) is 3.41. The standard InChI is InChI=1S/C16H18BrN7/c1-22(2)14-3-4-15(21-20-14)23-5-7-24(8-6-23)16-12(10-18)9-13(17)11-19-16/h3-4,9,11H,5-8H2,1-2H3. The van der Waals surface area contributed by atoms with Crippen molar-refractivity contribution in [3.8, 4) is 6.07 Å². The number of nitriles is 1. The van der Waals surface area contributed by atoms with Gasteiger partial charge in [-0.05, 0) is 34.1 Å². The van der Waals surface area contributed by atoms with Crippen molar-refractivity contribution in [2.75, 3.05) is 55.0 Å². The molecule has 8 heteroatoms. The van der Waals surface area contributed by atoms with Crippen molar-refractivity contribution in [2.45, 2.75) is 0 Å². The van der Waals surface area contributed by atoms with E-state index in [-0.39, 0.29) is 0 Å². The van der Waals surface area contributed by atoms with Crippen molar-refractivity contribution in [1.29, 1.82) is 5.26 Å². The summed E-state index contributed by atoms with van der Waals surface area (Å²) in [6.45, 7) is 3.22. The lowest BCUT2D eigenvalue weighted by molar-refractivity contribution is 0.637. The van der Waals surface area contributed by atoms with Gasteiger partial charge in [0.25, 0.3) is 0 Å². The van der Waals surface area contributed by atoms with Gasteiger partial charge in [-0.1, -0.05) is 0 Å². The Hall–Kier alpha value is -2.40. The molecule has 0 spiro atoms. The predicted molar refractivity (Wildman–Crippen MR) is 97.4 cm³/mol. The molecule has 7 nitrogen and oxygen atoms in total. The Labute approximate surface area is 149 Å². The predicted octanol–water partition coefficient (Wildman–Crippen LogP) is 1.90. The molecule has 1 aliphatic rings. The maximum absolute atomic E-state index is 9.30. The van der Waals surface area contributed by atoms with Crippen LogP contribution in [0.4, 0.5) is 17.5 Å². The largest absolute Gasteiger partial charge is 0.361 e. The third-order valence-electron chi connectivity index (χ3n) is 3.95. The lowest BCUT2D eigenvalue weighted by atomic mass is 10.2. The average Bonchev–Trinajstić information content (AvgIpc) is 2.62. The van der Waals surface area contributed by atoms with Crippen LogP contribution in [0.1, 0.15) is 5.56 Å². The van der Waals surface area contributed by atoms with Crippen molar-refractivity contribution in [3.63, 3.8) is 0 Å². The number of hydrogen-bond donors (Lipinski definition) is 0. The van der Waals surface area contributed by atoms with Crippen LogP contribution in [-0.2, 0) is 0 Å². The van der Waals surface area contributed by atoms with Crippen LogP contribution in [0.3, 0.4) is 0 Å². The van der Waals surface area contributed by atoms with Crippen LogP contribution in [0.5, 0.6) is 0 Å². The molecule has 3 heterocycles. The molecule has 1 saturated heterocycles. The lowest BCUT2D eigenvalue weighted by Crippen LogP contribution is -2.47. The van der Waals surface area contributed by atoms with Crippen LogP contribution in [0.15, 0.2) is 28.9 Å². The second-order valence-electron chi connectivity index (χ2n) is 5.75. The minimum Gasteiger partial charge on any atom is -0.361 e. The van der Waals surface area contributed by atoms with Crippen LogP contribution in [0.25, 0.3) is 0 Å². The molecule has 0 aliphatic carbocycles. The van der Waals surface area contributed by atoms with E-state index < -0.39 is 0 Å². The zero-order chi connectivity index (χ0) is 17.1. The molecule has 2 aromatic heterocycles. The van der Waals surface area contributed by atoms with Gasteiger partial charge in [-0.2, -0.15) is 5.26 Å². The summed E-state index contributed by atoms with van der Waals surface area (Å²) in [5.41, 5.74) is 0.591. The molecular weight excluding hydrogens is 370 g/mol. The van der Waals surface area contributed by atoms with E-state index in [1.54, 1.807) is 12.3 Å². The molecule has 0 saturated carbocycles. The summed E-state index contributed by atoms with van der Waals surface area (Å²) >= 11 is 3.36. The molecule has 0 bridgehead atoms. The first-order valence-corrected chi connectivity index (χ1v) is 8.44. The fourth-order valence-electron chi connectivity index (χ4n) is 2.64. The van der Waals surface area contributed by atoms with Gasteiger partial charge in [-0.15, -0.1) is 10.2 Å². The molecule has 0 atom stereocenters. The second kappa shape index (κ2) is 7.01. The van der Waals surface area contributed by atoms with Gasteiger partial charge >= 0.3 is 0 Å². The summed E-state index contributed by atoms with van der Waals surface area (Å²) in [5.74, 6) is 2.47. The van der Waals surface area contributed by atoms with E-state index in [0.717, 1.165) is 48.1 Å². The van der Waals surface area contributed by atoms with Gasteiger partial charge in [0.15, 0.2) is 11.6 Å². The summed E-state index contributed by atoms with van der Waals surface area (Å²) in [7, 11) is 3.89. The van der Waals surface area contributed by atoms with Crippen molar-refractivity contribution in [3.05, 3.63) is 34.4 Å². The Morgan fingerprint density at radius 1 is 1.12 bits per heavy atom.